The maximum atomic E-state index is 12.4. The Hall–Kier alpha value is -2.49. The molecule has 3 aromatic carbocycles. The zero-order chi connectivity index (χ0) is 24.0. The van der Waals surface area contributed by atoms with Crippen LogP contribution in [0.2, 0.25) is 0 Å². The highest BCUT2D eigenvalue weighted by molar-refractivity contribution is 5.84. The van der Waals surface area contributed by atoms with Crippen LogP contribution in [0.25, 0.3) is 10.8 Å². The fourth-order valence-corrected chi connectivity index (χ4v) is 5.34. The Balaban J connectivity index is 1.29. The maximum absolute atomic E-state index is 12.4. The summed E-state index contributed by atoms with van der Waals surface area (Å²) in [6.45, 7) is 2.28. The van der Waals surface area contributed by atoms with Gasteiger partial charge in [-0.2, -0.15) is 0 Å². The molecule has 0 saturated heterocycles. The number of aryl methyl sites for hydroxylation is 2. The van der Waals surface area contributed by atoms with Crippen molar-refractivity contribution in [1.29, 1.82) is 0 Å². The average molecular weight is 469 g/mol. The van der Waals surface area contributed by atoms with Crippen LogP contribution >= 0.6 is 0 Å². The van der Waals surface area contributed by atoms with Gasteiger partial charge in [0, 0.05) is 0 Å². The van der Waals surface area contributed by atoms with Crippen LogP contribution in [0.3, 0.4) is 0 Å². The molecule has 3 aromatic rings. The minimum atomic E-state index is -4.67. The van der Waals surface area contributed by atoms with Gasteiger partial charge in [-0.3, -0.25) is 0 Å². The van der Waals surface area contributed by atoms with E-state index in [0.29, 0.717) is 5.92 Å². The van der Waals surface area contributed by atoms with Gasteiger partial charge in [-0.25, -0.2) is 0 Å². The van der Waals surface area contributed by atoms with E-state index in [4.69, 9.17) is 0 Å². The molecule has 1 nitrogen and oxygen atoms in total. The minimum absolute atomic E-state index is 0.183. The zero-order valence-corrected chi connectivity index (χ0v) is 20.0. The van der Waals surface area contributed by atoms with Crippen LogP contribution in [0.15, 0.2) is 60.7 Å². The average Bonchev–Trinajstić information content (AvgIpc) is 2.83. The molecule has 0 aromatic heterocycles. The molecule has 4 rings (SSSR count). The van der Waals surface area contributed by atoms with E-state index < -0.39 is 6.36 Å². The number of fused-ring (bicyclic) bond motifs is 1. The third-order valence-electron chi connectivity index (χ3n) is 7.33. The number of halogens is 3. The van der Waals surface area contributed by atoms with Crippen molar-refractivity contribution in [3.8, 4) is 5.75 Å². The molecule has 0 spiro atoms. The molecule has 1 saturated carbocycles. The third kappa shape index (κ3) is 7.01. The number of hydrogen-bond acceptors (Lipinski definition) is 1. The lowest BCUT2D eigenvalue weighted by Crippen LogP contribution is -2.16. The monoisotopic (exact) mass is 468 g/mol. The van der Waals surface area contributed by atoms with Gasteiger partial charge in [0.1, 0.15) is 5.75 Å². The van der Waals surface area contributed by atoms with Crippen LogP contribution in [0.1, 0.15) is 80.9 Å². The Morgan fingerprint density at radius 3 is 2.12 bits per heavy atom. The second kappa shape index (κ2) is 11.3. The molecule has 4 heteroatoms. The smallest absolute Gasteiger partial charge is 0.406 e. The third-order valence-corrected chi connectivity index (χ3v) is 7.33. The van der Waals surface area contributed by atoms with Crippen LogP contribution in [0.4, 0.5) is 13.2 Å². The molecular weight excluding hydrogens is 433 g/mol. The first-order valence-corrected chi connectivity index (χ1v) is 12.8. The molecule has 0 unspecified atom stereocenters. The summed E-state index contributed by atoms with van der Waals surface area (Å²) < 4.78 is 41.4. The van der Waals surface area contributed by atoms with E-state index in [1.165, 1.54) is 80.2 Å². The highest BCUT2D eigenvalue weighted by Crippen LogP contribution is 2.38. The van der Waals surface area contributed by atoms with Gasteiger partial charge in [0.05, 0.1) is 0 Å². The van der Waals surface area contributed by atoms with Crippen LogP contribution in [-0.4, -0.2) is 6.36 Å². The first kappa shape index (κ1) is 24.6. The van der Waals surface area contributed by atoms with Gasteiger partial charge < -0.3 is 4.74 Å². The van der Waals surface area contributed by atoms with E-state index in [-0.39, 0.29) is 5.75 Å². The zero-order valence-electron chi connectivity index (χ0n) is 20.0. The van der Waals surface area contributed by atoms with E-state index in [0.717, 1.165) is 29.5 Å². The predicted octanol–water partition coefficient (Wildman–Crippen LogP) is 9.38. The number of hydrogen-bond donors (Lipinski definition) is 0. The first-order valence-electron chi connectivity index (χ1n) is 12.8. The summed E-state index contributed by atoms with van der Waals surface area (Å²) in [5.74, 6) is 1.47. The second-order valence-corrected chi connectivity index (χ2v) is 9.85. The Bertz CT molecular complexity index is 1050. The van der Waals surface area contributed by atoms with Crippen molar-refractivity contribution >= 4 is 10.8 Å². The highest BCUT2D eigenvalue weighted by Gasteiger charge is 2.31. The fraction of sp³-hybridized carbons (Fsp3) is 0.467. The summed E-state index contributed by atoms with van der Waals surface area (Å²) in [7, 11) is 0. The molecule has 1 aliphatic carbocycles. The summed E-state index contributed by atoms with van der Waals surface area (Å²) in [4.78, 5) is 0. The molecule has 182 valence electrons. The molecule has 1 aliphatic rings. The van der Waals surface area contributed by atoms with E-state index >= 15 is 0 Å². The topological polar surface area (TPSA) is 9.23 Å². The van der Waals surface area contributed by atoms with E-state index in [9.17, 15) is 13.2 Å². The van der Waals surface area contributed by atoms with Gasteiger partial charge in [-0.05, 0) is 90.0 Å². The Morgan fingerprint density at radius 1 is 0.765 bits per heavy atom. The van der Waals surface area contributed by atoms with Crippen molar-refractivity contribution in [2.24, 2.45) is 5.92 Å². The van der Waals surface area contributed by atoms with Gasteiger partial charge >= 0.3 is 6.36 Å². The molecule has 34 heavy (non-hydrogen) atoms. The van der Waals surface area contributed by atoms with Crippen molar-refractivity contribution in [2.45, 2.75) is 83.4 Å². The molecule has 1 fully saturated rings. The minimum Gasteiger partial charge on any atom is -0.406 e. The normalized spacial score (nSPS) is 18.8. The first-order chi connectivity index (χ1) is 16.4. The van der Waals surface area contributed by atoms with Crippen molar-refractivity contribution < 1.29 is 17.9 Å². The number of benzene rings is 3. The molecule has 0 bridgehead atoms. The number of ether oxygens (including phenoxy) is 1. The van der Waals surface area contributed by atoms with Crippen LogP contribution in [-0.2, 0) is 12.8 Å². The largest absolute Gasteiger partial charge is 0.573 e. The van der Waals surface area contributed by atoms with E-state index in [1.807, 2.05) is 12.1 Å². The van der Waals surface area contributed by atoms with Crippen molar-refractivity contribution in [3.05, 3.63) is 77.4 Å². The summed E-state index contributed by atoms with van der Waals surface area (Å²) >= 11 is 0. The Morgan fingerprint density at radius 2 is 1.41 bits per heavy atom. The number of rotatable bonds is 9. The summed E-state index contributed by atoms with van der Waals surface area (Å²) in [6, 6.07) is 19.6. The van der Waals surface area contributed by atoms with Gasteiger partial charge in [0.2, 0.25) is 0 Å². The molecule has 0 atom stereocenters. The molecule has 0 aliphatic heterocycles. The molecular formula is C30H35F3O. The Kier molecular flexibility index (Phi) is 8.18. The number of alkyl halides is 3. The molecule has 0 amide bonds. The second-order valence-electron chi connectivity index (χ2n) is 9.85. The lowest BCUT2D eigenvalue weighted by molar-refractivity contribution is -0.274. The SMILES string of the molecule is CCCCCC1CCC(c2ccc(CCc3ccc4cc(OC(F)(F)F)ccc4c3)cc2)CC1. The van der Waals surface area contributed by atoms with Crippen molar-refractivity contribution in [3.63, 3.8) is 0 Å². The number of unbranched alkanes of at least 4 members (excludes halogenated alkanes) is 2. The molecule has 0 N–H and O–H groups in total. The lowest BCUT2D eigenvalue weighted by Gasteiger charge is -2.29. The lowest BCUT2D eigenvalue weighted by atomic mass is 9.77. The fourth-order valence-electron chi connectivity index (χ4n) is 5.34. The van der Waals surface area contributed by atoms with Gasteiger partial charge in [-0.15, -0.1) is 13.2 Å². The summed E-state index contributed by atoms with van der Waals surface area (Å²) in [5, 5.41) is 1.67. The standard InChI is InChI=1S/C30H35F3O/c1-2-3-4-5-22-8-13-25(14-9-22)26-15-10-23(11-16-26)6-7-24-12-17-28-21-29(34-30(31,32)33)19-18-27(28)20-24/h10-12,15-22,25H,2-9,13-14H2,1H3. The van der Waals surface area contributed by atoms with Crippen molar-refractivity contribution in [1.82, 2.24) is 0 Å². The van der Waals surface area contributed by atoms with Crippen molar-refractivity contribution in [2.75, 3.05) is 0 Å². The molecule has 0 radical (unpaired) electrons. The van der Waals surface area contributed by atoms with E-state index in [1.54, 1.807) is 6.07 Å². The predicted molar refractivity (Wildman–Crippen MR) is 133 cm³/mol. The van der Waals surface area contributed by atoms with Gasteiger partial charge in [-0.1, -0.05) is 81.1 Å². The Labute approximate surface area is 201 Å². The van der Waals surface area contributed by atoms with Gasteiger partial charge in [0.25, 0.3) is 0 Å². The maximum Gasteiger partial charge on any atom is 0.573 e. The molecule has 0 heterocycles. The summed E-state index contributed by atoms with van der Waals surface area (Å²) in [5.41, 5.74) is 3.99. The van der Waals surface area contributed by atoms with Crippen LogP contribution in [0.5, 0.6) is 5.75 Å². The summed E-state index contributed by atoms with van der Waals surface area (Å²) in [6.07, 6.45) is 8.07. The van der Waals surface area contributed by atoms with Crippen LogP contribution in [0, 0.1) is 5.92 Å². The van der Waals surface area contributed by atoms with Gasteiger partial charge in [0.15, 0.2) is 0 Å². The highest BCUT2D eigenvalue weighted by atomic mass is 19.4. The van der Waals surface area contributed by atoms with E-state index in [2.05, 4.69) is 42.0 Å². The van der Waals surface area contributed by atoms with Crippen LogP contribution < -0.4 is 4.74 Å². The quantitative estimate of drug-likeness (QED) is 0.284.